The largest absolute Gasteiger partial charge is 0.308 e. The van der Waals surface area contributed by atoms with Gasteiger partial charge in [-0.25, -0.2) is 0 Å². The van der Waals surface area contributed by atoms with Crippen LogP contribution in [0.4, 0.5) is 0 Å². The van der Waals surface area contributed by atoms with Crippen molar-refractivity contribution in [1.82, 2.24) is 10.6 Å². The third-order valence-electron chi connectivity index (χ3n) is 2.05. The van der Waals surface area contributed by atoms with Crippen molar-refractivity contribution in [2.24, 2.45) is 0 Å². The topological polar surface area (TPSA) is 24.1 Å². The van der Waals surface area contributed by atoms with Crippen molar-refractivity contribution in [2.75, 3.05) is 26.5 Å². The van der Waals surface area contributed by atoms with Crippen LogP contribution in [0.25, 0.3) is 0 Å². The zero-order valence-electron chi connectivity index (χ0n) is 8.84. The average molecular weight is 210 g/mol. The summed E-state index contributed by atoms with van der Waals surface area (Å²) in [6.45, 7) is 1.91. The highest BCUT2D eigenvalue weighted by Gasteiger charge is 1.93. The lowest BCUT2D eigenvalue weighted by atomic mass is 10.1. The fraction of sp³-hybridized carbons (Fsp3) is 0.455. The summed E-state index contributed by atoms with van der Waals surface area (Å²) in [5.41, 5.74) is 1.39. The van der Waals surface area contributed by atoms with Gasteiger partial charge in [0, 0.05) is 18.1 Å². The van der Waals surface area contributed by atoms with E-state index in [1.807, 2.05) is 7.05 Å². The molecule has 0 atom stereocenters. The quantitative estimate of drug-likeness (QED) is 0.425. The van der Waals surface area contributed by atoms with E-state index in [1.54, 1.807) is 11.8 Å². The molecular formula is C11H18N2S. The molecular weight excluding hydrogens is 192 g/mol. The van der Waals surface area contributed by atoms with E-state index in [9.17, 15) is 0 Å². The van der Waals surface area contributed by atoms with Gasteiger partial charge in [-0.05, 0) is 37.4 Å². The second-order valence-electron chi connectivity index (χ2n) is 3.13. The first-order valence-electron chi connectivity index (χ1n) is 4.85. The molecule has 0 spiro atoms. The molecule has 1 aromatic carbocycles. The minimum atomic E-state index is 0.878. The van der Waals surface area contributed by atoms with Gasteiger partial charge in [-0.2, -0.15) is 0 Å². The number of benzene rings is 1. The molecule has 0 aliphatic carbocycles. The lowest BCUT2D eigenvalue weighted by Gasteiger charge is -2.04. The molecule has 0 fully saturated rings. The van der Waals surface area contributed by atoms with Gasteiger partial charge >= 0.3 is 0 Å². The van der Waals surface area contributed by atoms with Crippen LogP contribution < -0.4 is 10.6 Å². The van der Waals surface area contributed by atoms with Crippen molar-refractivity contribution in [3.8, 4) is 0 Å². The number of rotatable bonds is 6. The highest BCUT2D eigenvalue weighted by atomic mass is 32.2. The Hall–Kier alpha value is -0.510. The van der Waals surface area contributed by atoms with Crippen molar-refractivity contribution < 1.29 is 0 Å². The predicted molar refractivity (Wildman–Crippen MR) is 63.9 cm³/mol. The molecule has 0 bridgehead atoms. The van der Waals surface area contributed by atoms with Gasteiger partial charge in [0.2, 0.25) is 0 Å². The summed E-state index contributed by atoms with van der Waals surface area (Å²) < 4.78 is 0. The van der Waals surface area contributed by atoms with Gasteiger partial charge in [0.05, 0.1) is 0 Å². The van der Waals surface area contributed by atoms with Gasteiger partial charge in [-0.3, -0.25) is 0 Å². The molecule has 0 aliphatic rings. The molecule has 2 nitrogen and oxygen atoms in total. The first kappa shape index (κ1) is 11.6. The van der Waals surface area contributed by atoms with Crippen molar-refractivity contribution in [2.45, 2.75) is 11.3 Å². The minimum absolute atomic E-state index is 0.878. The average Bonchev–Trinajstić information content (AvgIpc) is 2.25. The molecule has 0 radical (unpaired) electrons. The van der Waals surface area contributed by atoms with Crippen LogP contribution in [-0.2, 0) is 6.42 Å². The van der Waals surface area contributed by atoms with Crippen LogP contribution in [0, 0.1) is 0 Å². The van der Waals surface area contributed by atoms with Gasteiger partial charge in [-0.15, -0.1) is 11.8 Å². The first-order chi connectivity index (χ1) is 6.86. The maximum absolute atomic E-state index is 3.30. The Balaban J connectivity index is 2.29. The van der Waals surface area contributed by atoms with Crippen LogP contribution in [-0.4, -0.2) is 26.5 Å². The zero-order valence-corrected chi connectivity index (χ0v) is 9.66. The van der Waals surface area contributed by atoms with Gasteiger partial charge in [0.25, 0.3) is 0 Å². The predicted octanol–water partition coefficient (Wildman–Crippen LogP) is 1.72. The fourth-order valence-corrected chi connectivity index (χ4v) is 1.65. The molecule has 0 aromatic heterocycles. The number of thioether (sulfide) groups is 1. The molecule has 0 saturated carbocycles. The molecule has 0 unspecified atom stereocenters. The first-order valence-corrected chi connectivity index (χ1v) is 6.07. The van der Waals surface area contributed by atoms with Crippen molar-refractivity contribution in [3.63, 3.8) is 0 Å². The molecule has 0 saturated heterocycles. The van der Waals surface area contributed by atoms with Crippen molar-refractivity contribution >= 4 is 11.8 Å². The normalized spacial score (nSPS) is 10.4. The van der Waals surface area contributed by atoms with E-state index in [0.29, 0.717) is 0 Å². The lowest BCUT2D eigenvalue weighted by molar-refractivity contribution is 0.631. The Bertz CT molecular complexity index is 246. The van der Waals surface area contributed by atoms with E-state index in [1.165, 1.54) is 10.5 Å². The highest BCUT2D eigenvalue weighted by molar-refractivity contribution is 7.98. The smallest absolute Gasteiger partial charge is 0.0451 e. The Morgan fingerprint density at radius 3 is 2.50 bits per heavy atom. The van der Waals surface area contributed by atoms with Crippen LogP contribution in [0.1, 0.15) is 5.56 Å². The van der Waals surface area contributed by atoms with Crippen LogP contribution >= 0.6 is 11.8 Å². The van der Waals surface area contributed by atoms with E-state index < -0.39 is 0 Å². The molecule has 0 amide bonds. The van der Waals surface area contributed by atoms with E-state index in [4.69, 9.17) is 0 Å². The third kappa shape index (κ3) is 4.13. The second kappa shape index (κ2) is 6.87. The SMILES string of the molecule is CNCNCCc1ccc(SC)cc1. The lowest BCUT2D eigenvalue weighted by Crippen LogP contribution is -2.27. The molecule has 0 aliphatic heterocycles. The van der Waals surface area contributed by atoms with Crippen LogP contribution in [0.2, 0.25) is 0 Å². The van der Waals surface area contributed by atoms with E-state index in [-0.39, 0.29) is 0 Å². The molecule has 14 heavy (non-hydrogen) atoms. The standard InChI is InChI=1S/C11H18N2S/c1-12-9-13-8-7-10-3-5-11(14-2)6-4-10/h3-6,12-13H,7-9H2,1-2H3. The Morgan fingerprint density at radius 1 is 1.21 bits per heavy atom. The Kier molecular flexibility index (Phi) is 5.68. The summed E-state index contributed by atoms with van der Waals surface area (Å²) >= 11 is 1.78. The van der Waals surface area contributed by atoms with E-state index in [0.717, 1.165) is 19.6 Å². The van der Waals surface area contributed by atoms with E-state index >= 15 is 0 Å². The monoisotopic (exact) mass is 210 g/mol. The molecule has 0 heterocycles. The van der Waals surface area contributed by atoms with Crippen LogP contribution in [0.3, 0.4) is 0 Å². The van der Waals surface area contributed by atoms with Crippen LogP contribution in [0.5, 0.6) is 0 Å². The summed E-state index contributed by atoms with van der Waals surface area (Å²) in [5.74, 6) is 0. The fourth-order valence-electron chi connectivity index (χ4n) is 1.24. The van der Waals surface area contributed by atoms with Crippen molar-refractivity contribution in [1.29, 1.82) is 0 Å². The van der Waals surface area contributed by atoms with Crippen LogP contribution in [0.15, 0.2) is 29.2 Å². The van der Waals surface area contributed by atoms with Gasteiger partial charge < -0.3 is 10.6 Å². The van der Waals surface area contributed by atoms with Gasteiger partial charge in [-0.1, -0.05) is 12.1 Å². The summed E-state index contributed by atoms with van der Waals surface area (Å²) in [6, 6.07) is 8.76. The summed E-state index contributed by atoms with van der Waals surface area (Å²) in [6.07, 6.45) is 3.19. The minimum Gasteiger partial charge on any atom is -0.308 e. The number of hydrogen-bond donors (Lipinski definition) is 2. The summed E-state index contributed by atoms with van der Waals surface area (Å²) in [4.78, 5) is 1.33. The molecule has 78 valence electrons. The maximum Gasteiger partial charge on any atom is 0.0451 e. The second-order valence-corrected chi connectivity index (χ2v) is 4.01. The molecule has 2 N–H and O–H groups in total. The van der Waals surface area contributed by atoms with Gasteiger partial charge in [0.1, 0.15) is 0 Å². The maximum atomic E-state index is 3.30. The highest BCUT2D eigenvalue weighted by Crippen LogP contribution is 2.14. The number of nitrogens with one attached hydrogen (secondary N) is 2. The summed E-state index contributed by atoms with van der Waals surface area (Å²) in [7, 11) is 1.94. The Morgan fingerprint density at radius 2 is 1.93 bits per heavy atom. The van der Waals surface area contributed by atoms with E-state index in [2.05, 4.69) is 41.2 Å². The number of hydrogen-bond acceptors (Lipinski definition) is 3. The zero-order chi connectivity index (χ0) is 10.2. The summed E-state index contributed by atoms with van der Waals surface area (Å²) in [5, 5.41) is 6.35. The molecule has 1 rings (SSSR count). The van der Waals surface area contributed by atoms with Crippen molar-refractivity contribution in [3.05, 3.63) is 29.8 Å². The third-order valence-corrected chi connectivity index (χ3v) is 2.79. The molecule has 3 heteroatoms. The van der Waals surface area contributed by atoms with Gasteiger partial charge in [0.15, 0.2) is 0 Å². The Labute approximate surface area is 90.5 Å². The molecule has 1 aromatic rings.